The van der Waals surface area contributed by atoms with Gasteiger partial charge in [-0.3, -0.25) is 4.90 Å². The minimum Gasteiger partial charge on any atom is -0.373 e. The molecule has 100 valence electrons. The van der Waals surface area contributed by atoms with Crippen LogP contribution in [0.1, 0.15) is 25.5 Å². The lowest BCUT2D eigenvalue weighted by atomic mass is 10.0. The van der Waals surface area contributed by atoms with Crippen LogP contribution in [0.15, 0.2) is 24.3 Å². The van der Waals surface area contributed by atoms with E-state index in [9.17, 15) is 0 Å². The van der Waals surface area contributed by atoms with Crippen LogP contribution in [0.5, 0.6) is 0 Å². The van der Waals surface area contributed by atoms with Crippen molar-refractivity contribution in [3.63, 3.8) is 0 Å². The van der Waals surface area contributed by atoms with Crippen LogP contribution in [0.4, 0.5) is 0 Å². The van der Waals surface area contributed by atoms with Crippen molar-refractivity contribution < 1.29 is 4.74 Å². The first-order chi connectivity index (χ1) is 8.60. The van der Waals surface area contributed by atoms with E-state index in [-0.39, 0.29) is 18.2 Å². The zero-order valence-electron chi connectivity index (χ0n) is 11.0. The summed E-state index contributed by atoms with van der Waals surface area (Å²) in [6, 6.07) is 8.21. The van der Waals surface area contributed by atoms with Gasteiger partial charge >= 0.3 is 0 Å². The Labute approximate surface area is 114 Å². The molecule has 1 aliphatic rings. The van der Waals surface area contributed by atoms with Gasteiger partial charge in [0.2, 0.25) is 0 Å². The number of halogens is 1. The van der Waals surface area contributed by atoms with Gasteiger partial charge in [0.05, 0.1) is 12.2 Å². The highest BCUT2D eigenvalue weighted by Crippen LogP contribution is 2.25. The molecule has 1 fully saturated rings. The maximum atomic E-state index is 5.95. The third-order valence-corrected chi connectivity index (χ3v) is 3.62. The molecule has 0 saturated carbocycles. The van der Waals surface area contributed by atoms with Crippen LogP contribution in [0.2, 0.25) is 5.02 Å². The summed E-state index contributed by atoms with van der Waals surface area (Å²) in [5.74, 6) is 0. The zero-order valence-corrected chi connectivity index (χ0v) is 11.7. The molecule has 0 bridgehead atoms. The predicted molar refractivity (Wildman–Crippen MR) is 74.8 cm³/mol. The normalized spacial score (nSPS) is 27.1. The average Bonchev–Trinajstić information content (AvgIpc) is 2.31. The summed E-state index contributed by atoms with van der Waals surface area (Å²) in [5.41, 5.74) is 7.17. The van der Waals surface area contributed by atoms with Crippen molar-refractivity contribution in [2.24, 2.45) is 5.73 Å². The molecule has 3 atom stereocenters. The van der Waals surface area contributed by atoms with Crippen molar-refractivity contribution in [2.75, 3.05) is 19.6 Å². The second kappa shape index (κ2) is 6.02. The molecule has 1 aromatic rings. The van der Waals surface area contributed by atoms with Gasteiger partial charge in [-0.25, -0.2) is 0 Å². The van der Waals surface area contributed by atoms with E-state index >= 15 is 0 Å². The Hall–Kier alpha value is -0.610. The van der Waals surface area contributed by atoms with Gasteiger partial charge in [-0.1, -0.05) is 23.7 Å². The van der Waals surface area contributed by atoms with Gasteiger partial charge < -0.3 is 10.5 Å². The minimum absolute atomic E-state index is 0.246. The molecule has 18 heavy (non-hydrogen) atoms. The second-order valence-corrected chi connectivity index (χ2v) is 5.45. The molecular formula is C14H21ClN2O. The van der Waals surface area contributed by atoms with Crippen LogP contribution >= 0.6 is 11.6 Å². The molecule has 0 spiro atoms. The fourth-order valence-corrected chi connectivity index (χ4v) is 2.78. The Morgan fingerprint density at radius 2 is 1.83 bits per heavy atom. The zero-order chi connectivity index (χ0) is 13.1. The van der Waals surface area contributed by atoms with Crippen molar-refractivity contribution in [1.29, 1.82) is 0 Å². The molecule has 0 aliphatic carbocycles. The highest BCUT2D eigenvalue weighted by molar-refractivity contribution is 6.30. The van der Waals surface area contributed by atoms with Crippen LogP contribution in [-0.4, -0.2) is 36.7 Å². The maximum Gasteiger partial charge on any atom is 0.0678 e. The predicted octanol–water partition coefficient (Wildman–Crippen LogP) is 2.45. The van der Waals surface area contributed by atoms with Crippen LogP contribution in [-0.2, 0) is 4.74 Å². The molecule has 1 heterocycles. The molecule has 2 rings (SSSR count). The van der Waals surface area contributed by atoms with E-state index in [0.29, 0.717) is 6.54 Å². The molecule has 1 saturated heterocycles. The van der Waals surface area contributed by atoms with Crippen molar-refractivity contribution in [1.82, 2.24) is 4.90 Å². The molecular weight excluding hydrogens is 248 g/mol. The second-order valence-electron chi connectivity index (χ2n) is 5.01. The van der Waals surface area contributed by atoms with E-state index < -0.39 is 0 Å². The topological polar surface area (TPSA) is 38.5 Å². The first-order valence-corrected chi connectivity index (χ1v) is 6.83. The van der Waals surface area contributed by atoms with Gasteiger partial charge in [0.15, 0.2) is 0 Å². The number of hydrogen-bond donors (Lipinski definition) is 1. The third-order valence-electron chi connectivity index (χ3n) is 3.37. The van der Waals surface area contributed by atoms with Crippen molar-refractivity contribution in [3.8, 4) is 0 Å². The summed E-state index contributed by atoms with van der Waals surface area (Å²) in [7, 11) is 0. The van der Waals surface area contributed by atoms with Gasteiger partial charge in [0, 0.05) is 30.7 Å². The van der Waals surface area contributed by atoms with E-state index in [4.69, 9.17) is 22.1 Å². The lowest BCUT2D eigenvalue weighted by Crippen LogP contribution is -2.48. The fourth-order valence-electron chi connectivity index (χ4n) is 2.65. The van der Waals surface area contributed by atoms with Gasteiger partial charge in [-0.2, -0.15) is 0 Å². The summed E-state index contributed by atoms with van der Waals surface area (Å²) < 4.78 is 5.76. The van der Waals surface area contributed by atoms with E-state index in [2.05, 4.69) is 30.9 Å². The highest BCUT2D eigenvalue weighted by Gasteiger charge is 2.27. The Kier molecular flexibility index (Phi) is 4.62. The standard InChI is InChI=1S/C14H21ClN2O/c1-10-8-17(9-11(2)18-10)14(7-16)12-3-5-13(15)6-4-12/h3-6,10-11,14H,7-9,16H2,1-2H3. The number of nitrogens with two attached hydrogens (primary N) is 1. The number of hydrogen-bond acceptors (Lipinski definition) is 3. The van der Waals surface area contributed by atoms with E-state index in [1.165, 1.54) is 5.56 Å². The Bertz CT molecular complexity index is 372. The highest BCUT2D eigenvalue weighted by atomic mass is 35.5. The van der Waals surface area contributed by atoms with Gasteiger partial charge in [-0.15, -0.1) is 0 Å². The first-order valence-electron chi connectivity index (χ1n) is 6.45. The summed E-state index contributed by atoms with van der Waals surface area (Å²) in [6.07, 6.45) is 0.519. The smallest absolute Gasteiger partial charge is 0.0678 e. The number of nitrogens with zero attached hydrogens (tertiary/aromatic N) is 1. The van der Waals surface area contributed by atoms with Crippen LogP contribution < -0.4 is 5.73 Å². The largest absolute Gasteiger partial charge is 0.373 e. The SMILES string of the molecule is CC1CN(C(CN)c2ccc(Cl)cc2)CC(C)O1. The number of rotatable bonds is 3. The van der Waals surface area contributed by atoms with Crippen LogP contribution in [0.3, 0.4) is 0 Å². The fraction of sp³-hybridized carbons (Fsp3) is 0.571. The molecule has 1 aliphatic heterocycles. The Balaban J connectivity index is 2.14. The van der Waals surface area contributed by atoms with Gasteiger partial charge in [0.1, 0.15) is 0 Å². The van der Waals surface area contributed by atoms with Gasteiger partial charge in [0.25, 0.3) is 0 Å². The monoisotopic (exact) mass is 268 g/mol. The molecule has 0 amide bonds. The maximum absolute atomic E-state index is 5.95. The average molecular weight is 269 g/mol. The number of morpholine rings is 1. The molecule has 3 unspecified atom stereocenters. The van der Waals surface area contributed by atoms with Crippen LogP contribution in [0, 0.1) is 0 Å². The van der Waals surface area contributed by atoms with E-state index in [0.717, 1.165) is 18.1 Å². The minimum atomic E-state index is 0.246. The molecule has 0 radical (unpaired) electrons. The summed E-state index contributed by atoms with van der Waals surface area (Å²) in [5, 5.41) is 0.762. The molecule has 0 aromatic heterocycles. The lowest BCUT2D eigenvalue weighted by molar-refractivity contribution is -0.0799. The molecule has 4 heteroatoms. The third kappa shape index (κ3) is 3.23. The van der Waals surface area contributed by atoms with E-state index in [1.807, 2.05) is 12.1 Å². The molecule has 3 nitrogen and oxygen atoms in total. The first kappa shape index (κ1) is 13.8. The number of ether oxygens (including phenoxy) is 1. The summed E-state index contributed by atoms with van der Waals surface area (Å²) in [6.45, 7) is 6.68. The summed E-state index contributed by atoms with van der Waals surface area (Å²) in [4.78, 5) is 2.40. The van der Waals surface area contributed by atoms with E-state index in [1.54, 1.807) is 0 Å². The lowest BCUT2D eigenvalue weighted by Gasteiger charge is -2.40. The molecule has 1 aromatic carbocycles. The van der Waals surface area contributed by atoms with Crippen molar-refractivity contribution in [2.45, 2.75) is 32.1 Å². The molecule has 2 N–H and O–H groups in total. The Morgan fingerprint density at radius 1 is 1.28 bits per heavy atom. The summed E-state index contributed by atoms with van der Waals surface area (Å²) >= 11 is 5.93. The van der Waals surface area contributed by atoms with Crippen LogP contribution in [0.25, 0.3) is 0 Å². The van der Waals surface area contributed by atoms with Crippen molar-refractivity contribution >= 4 is 11.6 Å². The number of benzene rings is 1. The Morgan fingerprint density at radius 3 is 2.33 bits per heavy atom. The van der Waals surface area contributed by atoms with Gasteiger partial charge in [-0.05, 0) is 31.5 Å². The quantitative estimate of drug-likeness (QED) is 0.915. The van der Waals surface area contributed by atoms with Crippen molar-refractivity contribution in [3.05, 3.63) is 34.9 Å².